The van der Waals surface area contributed by atoms with E-state index in [0.29, 0.717) is 11.1 Å². The number of benzene rings is 2. The fraction of sp³-hybridized carbons (Fsp3) is 0.0556. The first kappa shape index (κ1) is 13.6. The van der Waals surface area contributed by atoms with Gasteiger partial charge in [0.15, 0.2) is 0 Å². The van der Waals surface area contributed by atoms with Crippen molar-refractivity contribution in [2.45, 2.75) is 6.92 Å². The maximum absolute atomic E-state index is 8.86. The van der Waals surface area contributed by atoms with E-state index < -0.39 is 0 Å². The van der Waals surface area contributed by atoms with Crippen molar-refractivity contribution in [3.05, 3.63) is 71.7 Å². The highest BCUT2D eigenvalue weighted by atomic mass is 15.1. The molecular weight excluding hydrogens is 272 g/mol. The number of nitriles is 2. The van der Waals surface area contributed by atoms with E-state index in [0.717, 1.165) is 22.8 Å². The van der Waals surface area contributed by atoms with E-state index in [-0.39, 0.29) is 0 Å². The monoisotopic (exact) mass is 284 g/mol. The molecule has 104 valence electrons. The molecule has 4 heteroatoms. The molecule has 0 unspecified atom stereocenters. The molecule has 3 aromatic rings. The van der Waals surface area contributed by atoms with Crippen LogP contribution in [-0.4, -0.2) is 9.55 Å². The molecule has 0 radical (unpaired) electrons. The van der Waals surface area contributed by atoms with E-state index in [2.05, 4.69) is 17.1 Å². The molecule has 1 heterocycles. The molecule has 0 aliphatic carbocycles. The maximum Gasteiger partial charge on any atom is 0.110 e. The van der Waals surface area contributed by atoms with Crippen LogP contribution in [0.25, 0.3) is 16.9 Å². The van der Waals surface area contributed by atoms with Crippen LogP contribution >= 0.6 is 0 Å². The summed E-state index contributed by atoms with van der Waals surface area (Å²) in [5.41, 5.74) is 4.05. The molecule has 0 aliphatic heterocycles. The SMILES string of the molecule is Cc1nc(-c2ccc(C#N)cc2)cn1-c1ccc(C#N)cc1. The molecule has 0 bridgehead atoms. The van der Waals surface area contributed by atoms with Gasteiger partial charge < -0.3 is 4.57 Å². The quantitative estimate of drug-likeness (QED) is 0.722. The van der Waals surface area contributed by atoms with Crippen LogP contribution in [0.15, 0.2) is 54.7 Å². The molecule has 1 aromatic heterocycles. The average molecular weight is 284 g/mol. The minimum absolute atomic E-state index is 0.631. The molecule has 2 aromatic carbocycles. The first-order chi connectivity index (χ1) is 10.7. The molecule has 22 heavy (non-hydrogen) atoms. The number of hydrogen-bond donors (Lipinski definition) is 0. The third-order valence-corrected chi connectivity index (χ3v) is 3.47. The van der Waals surface area contributed by atoms with Crippen LogP contribution in [0.4, 0.5) is 0 Å². The van der Waals surface area contributed by atoms with Crippen molar-refractivity contribution in [3.63, 3.8) is 0 Å². The lowest BCUT2D eigenvalue weighted by molar-refractivity contribution is 0.975. The molecule has 0 saturated heterocycles. The number of nitrogens with zero attached hydrogens (tertiary/aromatic N) is 4. The van der Waals surface area contributed by atoms with E-state index >= 15 is 0 Å². The Morgan fingerprint density at radius 1 is 0.864 bits per heavy atom. The van der Waals surface area contributed by atoms with Crippen LogP contribution in [0.3, 0.4) is 0 Å². The van der Waals surface area contributed by atoms with Gasteiger partial charge in [0.1, 0.15) is 5.82 Å². The lowest BCUT2D eigenvalue weighted by Crippen LogP contribution is -1.94. The van der Waals surface area contributed by atoms with Crippen molar-refractivity contribution < 1.29 is 0 Å². The second-order valence-corrected chi connectivity index (χ2v) is 4.89. The highest BCUT2D eigenvalue weighted by Crippen LogP contribution is 2.22. The normalized spacial score (nSPS) is 9.95. The van der Waals surface area contributed by atoms with Crippen LogP contribution in [-0.2, 0) is 0 Å². The smallest absolute Gasteiger partial charge is 0.110 e. The van der Waals surface area contributed by atoms with Gasteiger partial charge in [-0.2, -0.15) is 10.5 Å². The topological polar surface area (TPSA) is 65.4 Å². The van der Waals surface area contributed by atoms with Crippen molar-refractivity contribution in [1.82, 2.24) is 9.55 Å². The highest BCUT2D eigenvalue weighted by Gasteiger charge is 2.08. The average Bonchev–Trinajstić information content (AvgIpc) is 2.97. The van der Waals surface area contributed by atoms with Crippen molar-refractivity contribution >= 4 is 0 Å². The van der Waals surface area contributed by atoms with E-state index in [1.165, 1.54) is 0 Å². The zero-order valence-electron chi connectivity index (χ0n) is 12.0. The predicted molar refractivity (Wildman–Crippen MR) is 83.2 cm³/mol. The summed E-state index contributed by atoms with van der Waals surface area (Å²) in [5.74, 6) is 0.865. The summed E-state index contributed by atoms with van der Waals surface area (Å²) in [4.78, 5) is 4.57. The lowest BCUT2D eigenvalue weighted by Gasteiger charge is -2.04. The van der Waals surface area contributed by atoms with Gasteiger partial charge in [-0.05, 0) is 43.3 Å². The van der Waals surface area contributed by atoms with Crippen LogP contribution in [0, 0.1) is 29.6 Å². The van der Waals surface area contributed by atoms with E-state index in [1.54, 1.807) is 24.3 Å². The van der Waals surface area contributed by atoms with Gasteiger partial charge >= 0.3 is 0 Å². The van der Waals surface area contributed by atoms with E-state index in [4.69, 9.17) is 10.5 Å². The molecule has 3 rings (SSSR count). The Morgan fingerprint density at radius 3 is 1.95 bits per heavy atom. The molecule has 0 saturated carbocycles. The molecule has 0 fully saturated rings. The summed E-state index contributed by atoms with van der Waals surface area (Å²) in [5, 5.41) is 17.7. The Morgan fingerprint density at radius 2 is 1.41 bits per heavy atom. The summed E-state index contributed by atoms with van der Waals surface area (Å²) in [6.07, 6.45) is 1.96. The van der Waals surface area contributed by atoms with Gasteiger partial charge in [0.25, 0.3) is 0 Å². The standard InChI is InChI=1S/C18H12N4/c1-13-21-18(16-6-2-14(10-19)3-7-16)12-22(13)17-8-4-15(11-20)5-9-17/h2-9,12H,1H3. The fourth-order valence-corrected chi connectivity index (χ4v) is 2.29. The number of aryl methyl sites for hydroxylation is 1. The Labute approximate surface area is 128 Å². The summed E-state index contributed by atoms with van der Waals surface area (Å²) < 4.78 is 1.98. The molecule has 0 atom stereocenters. The van der Waals surface area contributed by atoms with Crippen LogP contribution in [0.1, 0.15) is 17.0 Å². The lowest BCUT2D eigenvalue weighted by atomic mass is 10.1. The third kappa shape index (κ3) is 2.46. The third-order valence-electron chi connectivity index (χ3n) is 3.47. The minimum atomic E-state index is 0.631. The zero-order valence-corrected chi connectivity index (χ0v) is 12.0. The predicted octanol–water partition coefficient (Wildman–Crippen LogP) is 3.59. The summed E-state index contributed by atoms with van der Waals surface area (Å²) >= 11 is 0. The number of imidazole rings is 1. The number of rotatable bonds is 2. The van der Waals surface area contributed by atoms with E-state index in [9.17, 15) is 0 Å². The molecule has 0 aliphatic rings. The van der Waals surface area contributed by atoms with Crippen LogP contribution < -0.4 is 0 Å². The second kappa shape index (κ2) is 5.55. The Kier molecular flexibility index (Phi) is 3.43. The molecular formula is C18H12N4. The van der Waals surface area contributed by atoms with Gasteiger partial charge in [0.2, 0.25) is 0 Å². The molecule has 0 spiro atoms. The Hall–Kier alpha value is -3.37. The Bertz CT molecular complexity index is 888. The van der Waals surface area contributed by atoms with Crippen molar-refractivity contribution in [1.29, 1.82) is 10.5 Å². The maximum atomic E-state index is 8.86. The molecule has 4 nitrogen and oxygen atoms in total. The molecule has 0 amide bonds. The van der Waals surface area contributed by atoms with Gasteiger partial charge in [-0.15, -0.1) is 0 Å². The summed E-state index contributed by atoms with van der Waals surface area (Å²) in [6.45, 7) is 1.94. The zero-order chi connectivity index (χ0) is 15.5. The second-order valence-electron chi connectivity index (χ2n) is 4.89. The van der Waals surface area contributed by atoms with Crippen molar-refractivity contribution in [2.24, 2.45) is 0 Å². The van der Waals surface area contributed by atoms with Gasteiger partial charge in [0.05, 0.1) is 29.0 Å². The van der Waals surface area contributed by atoms with Gasteiger partial charge in [0, 0.05) is 17.4 Å². The highest BCUT2D eigenvalue weighted by molar-refractivity contribution is 5.61. The Balaban J connectivity index is 1.99. The van der Waals surface area contributed by atoms with Gasteiger partial charge in [-0.3, -0.25) is 0 Å². The van der Waals surface area contributed by atoms with Gasteiger partial charge in [-0.25, -0.2) is 4.98 Å². The summed E-state index contributed by atoms with van der Waals surface area (Å²) in [6, 6.07) is 18.9. The van der Waals surface area contributed by atoms with Crippen LogP contribution in [0.2, 0.25) is 0 Å². The minimum Gasteiger partial charge on any atom is -0.303 e. The number of hydrogen-bond acceptors (Lipinski definition) is 3. The first-order valence-electron chi connectivity index (χ1n) is 6.78. The summed E-state index contributed by atoms with van der Waals surface area (Å²) in [7, 11) is 0. The molecule has 0 N–H and O–H groups in total. The van der Waals surface area contributed by atoms with Gasteiger partial charge in [-0.1, -0.05) is 12.1 Å². The van der Waals surface area contributed by atoms with Crippen molar-refractivity contribution in [3.8, 4) is 29.1 Å². The van der Waals surface area contributed by atoms with Crippen LogP contribution in [0.5, 0.6) is 0 Å². The number of aromatic nitrogens is 2. The first-order valence-corrected chi connectivity index (χ1v) is 6.78. The van der Waals surface area contributed by atoms with E-state index in [1.807, 2.05) is 42.0 Å². The fourth-order valence-electron chi connectivity index (χ4n) is 2.29. The van der Waals surface area contributed by atoms with Crippen molar-refractivity contribution in [2.75, 3.05) is 0 Å². The largest absolute Gasteiger partial charge is 0.303 e.